The van der Waals surface area contributed by atoms with Gasteiger partial charge in [0, 0.05) is 5.56 Å². The number of rotatable bonds is 16. The molecule has 0 bridgehead atoms. The van der Waals surface area contributed by atoms with Crippen LogP contribution >= 0.6 is 0 Å². The quantitative estimate of drug-likeness (QED) is 0.0655. The zero-order valence-electron chi connectivity index (χ0n) is 34.6. The van der Waals surface area contributed by atoms with E-state index in [2.05, 4.69) is 54.2 Å². The van der Waals surface area contributed by atoms with Gasteiger partial charge in [0.05, 0.1) is 31.4 Å². The highest BCUT2D eigenvalue weighted by Crippen LogP contribution is 2.13. The number of nitrogens with one attached hydrogen (secondary N) is 2. The number of carbonyl (C=O) groups is 2. The lowest BCUT2D eigenvalue weighted by atomic mass is 10.0. The fraction of sp³-hybridized carbons (Fsp3) is 0.581. The van der Waals surface area contributed by atoms with Gasteiger partial charge in [0.15, 0.2) is 0 Å². The first-order valence-electron chi connectivity index (χ1n) is 19.4. The highest BCUT2D eigenvalue weighted by molar-refractivity contribution is 6.05. The van der Waals surface area contributed by atoms with Gasteiger partial charge in [0.2, 0.25) is 16.3 Å². The minimum absolute atomic E-state index is 0.388. The summed E-state index contributed by atoms with van der Waals surface area (Å²) in [5.74, 6) is 7.68. The van der Waals surface area contributed by atoms with Crippen molar-refractivity contribution in [1.82, 2.24) is 10.6 Å². The highest BCUT2D eigenvalue weighted by atomic mass is 27.0. The maximum Gasteiger partial charge on any atom is 0.408 e. The molecule has 0 saturated carbocycles. The number of benzene rings is 2. The summed E-state index contributed by atoms with van der Waals surface area (Å²) in [5, 5.41) is 44.0. The van der Waals surface area contributed by atoms with Gasteiger partial charge in [-0.3, -0.25) is 0 Å². The Morgan fingerprint density at radius 1 is 0.722 bits per heavy atom. The normalized spacial score (nSPS) is 13.4. The van der Waals surface area contributed by atoms with E-state index in [9.17, 15) is 30.0 Å². The van der Waals surface area contributed by atoms with E-state index in [-0.39, 0.29) is 6.61 Å². The molecular weight excluding hydrogens is 699 g/mol. The van der Waals surface area contributed by atoms with Gasteiger partial charge < -0.3 is 40.5 Å². The summed E-state index contributed by atoms with van der Waals surface area (Å²) in [7, 11) is 0. The maximum atomic E-state index is 11.8. The second-order valence-corrected chi connectivity index (χ2v) is 14.8. The molecule has 302 valence electrons. The molecule has 0 radical (unpaired) electrons. The van der Waals surface area contributed by atoms with Gasteiger partial charge in [-0.25, -0.2) is 9.59 Å². The third kappa shape index (κ3) is 24.9. The third-order valence-electron chi connectivity index (χ3n) is 7.51. The van der Waals surface area contributed by atoms with Gasteiger partial charge in [-0.15, -0.1) is 5.79 Å². The highest BCUT2D eigenvalue weighted by Gasteiger charge is 2.24. The van der Waals surface area contributed by atoms with E-state index < -0.39 is 54.3 Å². The van der Waals surface area contributed by atoms with Gasteiger partial charge in [-0.2, -0.15) is 0 Å². The van der Waals surface area contributed by atoms with Gasteiger partial charge in [-0.1, -0.05) is 99.9 Å². The number of carbonyl (C=O) groups excluding carboxylic acids is 2. The van der Waals surface area contributed by atoms with Crippen molar-refractivity contribution in [3.8, 4) is 11.8 Å². The molecule has 4 atom stereocenters. The third-order valence-corrected chi connectivity index (χ3v) is 7.51. The van der Waals surface area contributed by atoms with Gasteiger partial charge in [-0.05, 0) is 96.0 Å². The molecule has 0 aromatic heterocycles. The van der Waals surface area contributed by atoms with Crippen LogP contribution in [0.25, 0.3) is 6.08 Å². The molecule has 0 heterocycles. The Balaban J connectivity index is 0.000000994. The van der Waals surface area contributed by atoms with Crippen LogP contribution in [-0.2, 0) is 22.3 Å². The summed E-state index contributed by atoms with van der Waals surface area (Å²) in [6.07, 6.45) is 9.12. The number of aryl methyl sites for hydroxylation is 2. The Bertz CT molecular complexity index is 1390. The molecule has 2 aromatic carbocycles. The van der Waals surface area contributed by atoms with Crippen LogP contribution in [0.2, 0.25) is 5.79 Å². The molecule has 0 saturated heterocycles. The van der Waals surface area contributed by atoms with Crippen molar-refractivity contribution in [2.45, 2.75) is 148 Å². The smallest absolute Gasteiger partial charge is 0.408 e. The fourth-order valence-electron chi connectivity index (χ4n) is 4.69. The first-order chi connectivity index (χ1) is 25.5. The minimum Gasteiger partial charge on any atom is -0.444 e. The van der Waals surface area contributed by atoms with Crippen LogP contribution in [0.15, 0.2) is 54.6 Å². The number of ether oxygens (including phenoxy) is 2. The van der Waals surface area contributed by atoms with E-state index in [0.717, 1.165) is 24.0 Å². The predicted molar refractivity (Wildman–Crippen MR) is 222 cm³/mol. The van der Waals surface area contributed by atoms with Crippen molar-refractivity contribution in [3.63, 3.8) is 0 Å². The van der Waals surface area contributed by atoms with Gasteiger partial charge >= 0.3 is 12.2 Å². The Kier molecular flexibility index (Phi) is 26.4. The zero-order valence-corrected chi connectivity index (χ0v) is 36.6. The summed E-state index contributed by atoms with van der Waals surface area (Å²) < 4.78 is 10.3. The molecule has 0 aliphatic carbocycles. The van der Waals surface area contributed by atoms with Crippen molar-refractivity contribution in [3.05, 3.63) is 76.9 Å². The summed E-state index contributed by atoms with van der Waals surface area (Å²) in [6, 6.07) is 14.3. The fourth-order valence-corrected chi connectivity index (χ4v) is 4.69. The molecule has 54 heavy (non-hydrogen) atoms. The molecule has 2 amide bonds. The van der Waals surface area contributed by atoms with Crippen molar-refractivity contribution in [1.29, 1.82) is 0 Å². The Morgan fingerprint density at radius 2 is 1.15 bits per heavy atom. The molecule has 0 aliphatic heterocycles. The lowest BCUT2D eigenvalue weighted by molar-refractivity contribution is 0.0402. The number of hydrogen-bond acceptors (Lipinski definition) is 8. The maximum absolute atomic E-state index is 11.8. The molecule has 0 spiro atoms. The average Bonchev–Trinajstić information content (AvgIpc) is 3.11. The Labute approximate surface area is 333 Å². The summed E-state index contributed by atoms with van der Waals surface area (Å²) in [6.45, 7) is 14.0. The summed E-state index contributed by atoms with van der Waals surface area (Å²) in [4.78, 5) is 23.5. The van der Waals surface area contributed by atoms with Crippen molar-refractivity contribution in [2.75, 3.05) is 13.2 Å². The number of alkyl carbamates (subject to hydrolysis) is 2. The van der Waals surface area contributed by atoms with Crippen LogP contribution in [0.4, 0.5) is 9.59 Å². The monoisotopic (exact) mass is 768 g/mol. The number of amides is 2. The predicted octanol–water partition coefficient (Wildman–Crippen LogP) is 6.36. The molecular formula is C43H69AlN2O8. The average molecular weight is 769 g/mol. The molecule has 0 unspecified atom stereocenters. The van der Waals surface area contributed by atoms with Crippen molar-refractivity contribution < 1.29 is 39.5 Å². The van der Waals surface area contributed by atoms with E-state index in [1.54, 1.807) is 53.7 Å². The van der Waals surface area contributed by atoms with Crippen LogP contribution in [0.1, 0.15) is 116 Å². The Morgan fingerprint density at radius 3 is 1.56 bits per heavy atom. The SMILES string of the molecule is CCCCCc1ccc(/C=C/[C@H](O)[C@@H](CO)NC(=O)OC(C)(C)C)cc1.CCCCCc1ccc(C#C[C@H](O)[C@@H](CO)NC(=O)OC(C)(C)C)cc1.[CH3][AlH2]. The second kappa shape index (κ2) is 28.1. The summed E-state index contributed by atoms with van der Waals surface area (Å²) >= 11 is 1.31. The van der Waals surface area contributed by atoms with E-state index in [1.807, 2.05) is 36.4 Å². The number of aliphatic hydroxyl groups is 4. The van der Waals surface area contributed by atoms with Crippen molar-refractivity contribution >= 4 is 34.6 Å². The molecule has 2 rings (SSSR count). The number of unbranched alkanes of at least 4 members (excludes halogenated alkanes) is 4. The van der Waals surface area contributed by atoms with E-state index in [4.69, 9.17) is 9.47 Å². The van der Waals surface area contributed by atoms with Crippen LogP contribution in [0.5, 0.6) is 0 Å². The Hall–Kier alpha value is -3.35. The molecule has 11 heteroatoms. The second-order valence-electron chi connectivity index (χ2n) is 14.8. The van der Waals surface area contributed by atoms with Gasteiger partial charge in [0.1, 0.15) is 17.3 Å². The number of aliphatic hydroxyl groups excluding tert-OH is 4. The van der Waals surface area contributed by atoms with Crippen LogP contribution in [0, 0.1) is 11.8 Å². The molecule has 6 N–H and O–H groups in total. The lowest BCUT2D eigenvalue weighted by Crippen LogP contribution is -2.47. The molecule has 0 aliphatic rings. The topological polar surface area (TPSA) is 158 Å². The van der Waals surface area contributed by atoms with Crippen molar-refractivity contribution in [2.24, 2.45) is 0 Å². The first-order valence-corrected chi connectivity index (χ1v) is 21.4. The standard InChI is InChI=1S/C21H33NO4.C21H31NO4.CH3.Al.2H/c2*1-5-6-7-8-16-9-11-17(12-10-16)13-14-19(24)18(15-23)22-20(25)26-21(2,3)4;;;;/h9-14,18-19,23-24H,5-8,15H2,1-4H3,(H,22,25);9-12,18-19,23-24H,5-8,15H2,1-4H3,(H,22,25);1H3;;;/b14-13+;;;;;/t2*18-,19+;;;;/m11..../s1. The molecule has 2 aromatic rings. The van der Waals surface area contributed by atoms with Crippen LogP contribution in [0.3, 0.4) is 0 Å². The summed E-state index contributed by atoms with van der Waals surface area (Å²) in [5.41, 5.74) is 3.01. The number of hydrogen-bond donors (Lipinski definition) is 6. The lowest BCUT2D eigenvalue weighted by Gasteiger charge is -2.24. The molecule has 10 nitrogen and oxygen atoms in total. The van der Waals surface area contributed by atoms with Crippen LogP contribution < -0.4 is 10.6 Å². The van der Waals surface area contributed by atoms with E-state index in [0.29, 0.717) is 0 Å². The van der Waals surface area contributed by atoms with Crippen LogP contribution in [-0.4, -0.2) is 97.6 Å². The molecule has 0 fully saturated rings. The first kappa shape index (κ1) is 50.7. The van der Waals surface area contributed by atoms with E-state index in [1.165, 1.54) is 65.9 Å². The largest absolute Gasteiger partial charge is 0.444 e. The minimum atomic E-state index is -1.20. The van der Waals surface area contributed by atoms with E-state index >= 15 is 0 Å². The van der Waals surface area contributed by atoms with Gasteiger partial charge in [0.25, 0.3) is 0 Å². The zero-order chi connectivity index (χ0) is 41.2.